The van der Waals surface area contributed by atoms with Crippen LogP contribution in [0.4, 0.5) is 9.59 Å². The summed E-state index contributed by atoms with van der Waals surface area (Å²) >= 11 is 0. The Balaban J connectivity index is 1.94. The maximum atomic E-state index is 13.3. The lowest BCUT2D eigenvalue weighted by Crippen LogP contribution is -2.58. The Morgan fingerprint density at radius 3 is 2.57 bits per heavy atom. The molecule has 2 atom stereocenters. The molecule has 1 aromatic rings. The molecule has 192 valence electrons. The molecular formula is C26H39N5O4. The second kappa shape index (κ2) is 11.1. The van der Waals surface area contributed by atoms with Crippen LogP contribution >= 0.6 is 0 Å². The van der Waals surface area contributed by atoms with Crippen LogP contribution in [-0.4, -0.2) is 84.6 Å². The largest absolute Gasteiger partial charge is 0.463 e. The Morgan fingerprint density at radius 2 is 1.94 bits per heavy atom. The molecule has 2 heterocycles. The minimum absolute atomic E-state index is 0.00770. The number of ether oxygens (including phenoxy) is 1. The molecular weight excluding hydrogens is 446 g/mol. The van der Waals surface area contributed by atoms with E-state index in [4.69, 9.17) is 4.74 Å². The third-order valence-electron chi connectivity index (χ3n) is 6.58. The Bertz CT molecular complexity index is 1010. The molecule has 2 aliphatic heterocycles. The zero-order chi connectivity index (χ0) is 25.9. The Labute approximate surface area is 208 Å². The van der Waals surface area contributed by atoms with E-state index in [9.17, 15) is 14.4 Å². The van der Waals surface area contributed by atoms with E-state index >= 15 is 0 Å². The summed E-state index contributed by atoms with van der Waals surface area (Å²) in [5, 5.41) is 5.96. The lowest BCUT2D eigenvalue weighted by molar-refractivity contribution is -0.139. The normalized spacial score (nSPS) is 21.3. The van der Waals surface area contributed by atoms with Crippen LogP contribution in [-0.2, 0) is 9.53 Å². The number of benzene rings is 1. The van der Waals surface area contributed by atoms with E-state index in [0.717, 1.165) is 16.7 Å². The van der Waals surface area contributed by atoms with E-state index < -0.39 is 12.0 Å². The molecule has 0 unspecified atom stereocenters. The van der Waals surface area contributed by atoms with Crippen LogP contribution in [0.25, 0.3) is 0 Å². The van der Waals surface area contributed by atoms with Crippen molar-refractivity contribution in [3.8, 4) is 0 Å². The van der Waals surface area contributed by atoms with Crippen molar-refractivity contribution in [2.45, 2.75) is 59.7 Å². The fraction of sp³-hybridized carbons (Fsp3) is 0.577. The van der Waals surface area contributed by atoms with Gasteiger partial charge in [-0.05, 0) is 52.7 Å². The molecule has 2 aliphatic rings. The van der Waals surface area contributed by atoms with Crippen molar-refractivity contribution < 1.29 is 19.1 Å². The van der Waals surface area contributed by atoms with E-state index in [0.29, 0.717) is 37.4 Å². The number of esters is 1. The van der Waals surface area contributed by atoms with Crippen LogP contribution < -0.4 is 10.6 Å². The molecule has 0 bridgehead atoms. The fourth-order valence-electron chi connectivity index (χ4n) is 4.72. The summed E-state index contributed by atoms with van der Waals surface area (Å²) in [4.78, 5) is 44.3. The molecule has 0 spiro atoms. The summed E-state index contributed by atoms with van der Waals surface area (Å²) in [6.07, 6.45) is 0. The first kappa shape index (κ1) is 26.5. The van der Waals surface area contributed by atoms with Gasteiger partial charge in [-0.3, -0.25) is 9.80 Å². The van der Waals surface area contributed by atoms with Crippen molar-refractivity contribution in [1.29, 1.82) is 0 Å². The number of amides is 4. The molecule has 1 saturated heterocycles. The molecule has 1 aromatic carbocycles. The van der Waals surface area contributed by atoms with Gasteiger partial charge in [-0.15, -0.1) is 0 Å². The number of carbonyl (C=O) groups is 3. The van der Waals surface area contributed by atoms with Gasteiger partial charge in [0.25, 0.3) is 0 Å². The molecule has 35 heavy (non-hydrogen) atoms. The first-order chi connectivity index (χ1) is 16.5. The number of nitrogens with zero attached hydrogens (tertiary/aromatic N) is 3. The smallest absolute Gasteiger partial charge is 0.338 e. The fourth-order valence-corrected chi connectivity index (χ4v) is 4.72. The van der Waals surface area contributed by atoms with Crippen LogP contribution in [0.5, 0.6) is 0 Å². The highest BCUT2D eigenvalue weighted by Gasteiger charge is 2.39. The van der Waals surface area contributed by atoms with Crippen molar-refractivity contribution in [3.63, 3.8) is 0 Å². The standard InChI is InChI=1S/C26H39N5O4/c1-8-35-24(32)22-21(15-30-11-12-31(19(6)14-30)26(34)27-16(2)3)29(7)25(33)28-23(22)20-13-17(4)9-10-18(20)5/h9-10,13,16,19,23H,8,11-12,14-15H2,1-7H3,(H,27,34)(H,28,33)/t19-,23+/m1/s1. The van der Waals surface area contributed by atoms with Crippen LogP contribution in [0.2, 0.25) is 0 Å². The average Bonchev–Trinajstić information content (AvgIpc) is 2.78. The third kappa shape index (κ3) is 5.96. The number of urea groups is 2. The third-order valence-corrected chi connectivity index (χ3v) is 6.58. The summed E-state index contributed by atoms with van der Waals surface area (Å²) in [6.45, 7) is 14.1. The molecule has 0 aliphatic carbocycles. The predicted octanol–water partition coefficient (Wildman–Crippen LogP) is 2.94. The Kier molecular flexibility index (Phi) is 8.43. The zero-order valence-electron chi connectivity index (χ0n) is 22.0. The summed E-state index contributed by atoms with van der Waals surface area (Å²) in [6, 6.07) is 5.17. The second-order valence-corrected chi connectivity index (χ2v) is 9.76. The number of hydrogen-bond acceptors (Lipinski definition) is 5. The number of aryl methyl sites for hydroxylation is 2. The number of likely N-dealkylation sites (N-methyl/N-ethyl adjacent to an activating group) is 1. The van der Waals surface area contributed by atoms with Gasteiger partial charge in [0.2, 0.25) is 0 Å². The van der Waals surface area contributed by atoms with Crippen molar-refractivity contribution in [2.24, 2.45) is 0 Å². The monoisotopic (exact) mass is 485 g/mol. The number of carbonyl (C=O) groups excluding carboxylic acids is 3. The maximum Gasteiger partial charge on any atom is 0.338 e. The molecule has 0 radical (unpaired) electrons. The van der Waals surface area contributed by atoms with Crippen molar-refractivity contribution >= 4 is 18.0 Å². The van der Waals surface area contributed by atoms with Crippen LogP contribution in [0, 0.1) is 13.8 Å². The van der Waals surface area contributed by atoms with Crippen LogP contribution in [0.1, 0.15) is 50.4 Å². The topological polar surface area (TPSA) is 94.2 Å². The number of hydrogen-bond donors (Lipinski definition) is 2. The van der Waals surface area contributed by atoms with Gasteiger partial charge in [0.05, 0.1) is 18.2 Å². The van der Waals surface area contributed by atoms with Gasteiger partial charge in [-0.1, -0.05) is 23.8 Å². The van der Waals surface area contributed by atoms with E-state index in [1.807, 2.05) is 57.7 Å². The molecule has 2 N–H and O–H groups in total. The molecule has 3 rings (SSSR count). The molecule has 9 nitrogen and oxygen atoms in total. The number of piperazine rings is 1. The van der Waals surface area contributed by atoms with E-state index in [1.165, 1.54) is 4.90 Å². The minimum atomic E-state index is -0.594. The molecule has 4 amide bonds. The molecule has 0 aromatic heterocycles. The zero-order valence-corrected chi connectivity index (χ0v) is 22.0. The Hall–Kier alpha value is -3.07. The van der Waals surface area contributed by atoms with Gasteiger partial charge in [0.1, 0.15) is 0 Å². The van der Waals surface area contributed by atoms with Crippen molar-refractivity contribution in [2.75, 3.05) is 39.8 Å². The van der Waals surface area contributed by atoms with Crippen molar-refractivity contribution in [3.05, 3.63) is 46.2 Å². The van der Waals surface area contributed by atoms with Gasteiger partial charge < -0.3 is 20.3 Å². The minimum Gasteiger partial charge on any atom is -0.463 e. The first-order valence-corrected chi connectivity index (χ1v) is 12.3. The average molecular weight is 486 g/mol. The first-order valence-electron chi connectivity index (χ1n) is 12.3. The highest BCUT2D eigenvalue weighted by molar-refractivity contribution is 5.95. The van der Waals surface area contributed by atoms with Gasteiger partial charge >= 0.3 is 18.0 Å². The van der Waals surface area contributed by atoms with Gasteiger partial charge in [0, 0.05) is 51.0 Å². The summed E-state index contributed by atoms with van der Waals surface area (Å²) in [5.74, 6) is -0.428. The SMILES string of the molecule is CCOC(=O)C1=C(CN2CCN(C(=O)NC(C)C)[C@H](C)C2)N(C)C(=O)N[C@H]1c1cc(C)ccc1C. The number of nitrogens with one attached hydrogen (secondary N) is 2. The van der Waals surface area contributed by atoms with Crippen LogP contribution in [0.3, 0.4) is 0 Å². The lowest BCUT2D eigenvalue weighted by atomic mass is 9.90. The predicted molar refractivity (Wildman–Crippen MR) is 135 cm³/mol. The quantitative estimate of drug-likeness (QED) is 0.605. The summed E-state index contributed by atoms with van der Waals surface area (Å²) in [5.41, 5.74) is 4.01. The van der Waals surface area contributed by atoms with E-state index in [1.54, 1.807) is 14.0 Å². The highest BCUT2D eigenvalue weighted by atomic mass is 16.5. The van der Waals surface area contributed by atoms with Gasteiger partial charge in [-0.2, -0.15) is 0 Å². The highest BCUT2D eigenvalue weighted by Crippen LogP contribution is 2.33. The molecule has 9 heteroatoms. The summed E-state index contributed by atoms with van der Waals surface area (Å²) < 4.78 is 5.46. The second-order valence-electron chi connectivity index (χ2n) is 9.76. The van der Waals surface area contributed by atoms with Gasteiger partial charge in [0.15, 0.2) is 0 Å². The number of rotatable bonds is 6. The Morgan fingerprint density at radius 1 is 1.23 bits per heavy atom. The van der Waals surface area contributed by atoms with Crippen molar-refractivity contribution in [1.82, 2.24) is 25.3 Å². The van der Waals surface area contributed by atoms with E-state index in [2.05, 4.69) is 15.5 Å². The van der Waals surface area contributed by atoms with Gasteiger partial charge in [-0.25, -0.2) is 14.4 Å². The maximum absolute atomic E-state index is 13.3. The molecule has 0 saturated carbocycles. The molecule has 1 fully saturated rings. The lowest BCUT2D eigenvalue weighted by Gasteiger charge is -2.42. The van der Waals surface area contributed by atoms with Crippen LogP contribution in [0.15, 0.2) is 29.5 Å². The summed E-state index contributed by atoms with van der Waals surface area (Å²) in [7, 11) is 1.68. The van der Waals surface area contributed by atoms with E-state index in [-0.39, 0.29) is 30.8 Å².